The third-order valence-corrected chi connectivity index (χ3v) is 7.41. The summed E-state index contributed by atoms with van der Waals surface area (Å²) in [7, 11) is 0. The summed E-state index contributed by atoms with van der Waals surface area (Å²) in [5, 5.41) is 0.900. The van der Waals surface area contributed by atoms with E-state index in [0.717, 1.165) is 31.4 Å². The number of aromatic nitrogens is 1. The van der Waals surface area contributed by atoms with Crippen LogP contribution in [0.25, 0.3) is 0 Å². The van der Waals surface area contributed by atoms with Gasteiger partial charge in [-0.1, -0.05) is 27.3 Å². The van der Waals surface area contributed by atoms with Crippen molar-refractivity contribution < 1.29 is 14.3 Å². The van der Waals surface area contributed by atoms with Crippen LogP contribution in [0.5, 0.6) is 5.75 Å². The second kappa shape index (κ2) is 6.81. The van der Waals surface area contributed by atoms with E-state index in [1.165, 1.54) is 11.3 Å². The fourth-order valence-electron chi connectivity index (χ4n) is 3.35. The third-order valence-electron chi connectivity index (χ3n) is 4.41. The molecule has 2 aliphatic heterocycles. The maximum Gasteiger partial charge on any atom is 0.326 e. The first kappa shape index (κ1) is 17.2. The standard InChI is InChI=1S/C17H16BrNO4S2/c1-2-22-13(20)6-19-16-15(25-17(19)21)14-9(8-24-16)7-23-12-4-3-10(18)5-11(12)14/h3-5,9,14H,2,6-8H2,1H3. The summed E-state index contributed by atoms with van der Waals surface area (Å²) in [5.74, 6) is 1.83. The molecule has 0 radical (unpaired) electrons. The molecule has 2 atom stereocenters. The first-order chi connectivity index (χ1) is 12.1. The Morgan fingerprint density at radius 1 is 1.48 bits per heavy atom. The van der Waals surface area contributed by atoms with Crippen molar-refractivity contribution >= 4 is 45.0 Å². The number of thioether (sulfide) groups is 1. The lowest BCUT2D eigenvalue weighted by molar-refractivity contribution is -0.144. The highest BCUT2D eigenvalue weighted by Crippen LogP contribution is 2.50. The molecule has 4 rings (SSSR count). The molecule has 1 aromatic carbocycles. The van der Waals surface area contributed by atoms with Gasteiger partial charge in [0.2, 0.25) is 0 Å². The Balaban J connectivity index is 1.78. The largest absolute Gasteiger partial charge is 0.493 e. The van der Waals surface area contributed by atoms with E-state index in [-0.39, 0.29) is 23.3 Å². The maximum atomic E-state index is 12.5. The van der Waals surface area contributed by atoms with Gasteiger partial charge in [0, 0.05) is 32.5 Å². The lowest BCUT2D eigenvalue weighted by atomic mass is 9.84. The molecule has 0 amide bonds. The molecule has 0 spiro atoms. The second-order valence-electron chi connectivity index (χ2n) is 5.97. The highest BCUT2D eigenvalue weighted by atomic mass is 79.9. The molecule has 2 unspecified atom stereocenters. The molecule has 132 valence electrons. The molecule has 0 saturated heterocycles. The highest BCUT2D eigenvalue weighted by Gasteiger charge is 2.40. The van der Waals surface area contributed by atoms with E-state index in [1.54, 1.807) is 23.3 Å². The third kappa shape index (κ3) is 3.04. The van der Waals surface area contributed by atoms with Crippen LogP contribution in [0.15, 0.2) is 32.5 Å². The molecule has 0 saturated carbocycles. The van der Waals surface area contributed by atoms with Gasteiger partial charge in [-0.15, -0.1) is 11.8 Å². The Bertz CT molecular complexity index is 891. The molecule has 0 aliphatic carbocycles. The zero-order valence-corrected chi connectivity index (χ0v) is 16.7. The van der Waals surface area contributed by atoms with Crippen LogP contribution in [0.1, 0.15) is 23.3 Å². The molecular weight excluding hydrogens is 426 g/mol. The minimum Gasteiger partial charge on any atom is -0.493 e. The molecule has 1 aromatic heterocycles. The minimum atomic E-state index is -0.372. The van der Waals surface area contributed by atoms with E-state index < -0.39 is 0 Å². The zero-order chi connectivity index (χ0) is 17.6. The number of thiazole rings is 1. The molecule has 0 bridgehead atoms. The van der Waals surface area contributed by atoms with Crippen molar-refractivity contribution in [1.82, 2.24) is 4.57 Å². The normalized spacial score (nSPS) is 20.9. The summed E-state index contributed by atoms with van der Waals surface area (Å²) < 4.78 is 13.5. The van der Waals surface area contributed by atoms with Gasteiger partial charge in [-0.05, 0) is 25.1 Å². The van der Waals surface area contributed by atoms with Crippen molar-refractivity contribution in [2.45, 2.75) is 24.4 Å². The zero-order valence-electron chi connectivity index (χ0n) is 13.5. The molecular formula is C17H16BrNO4S2. The molecule has 0 fully saturated rings. The van der Waals surface area contributed by atoms with Crippen molar-refractivity contribution in [2.24, 2.45) is 5.92 Å². The average molecular weight is 442 g/mol. The van der Waals surface area contributed by atoms with Crippen molar-refractivity contribution in [2.75, 3.05) is 19.0 Å². The van der Waals surface area contributed by atoms with Crippen molar-refractivity contribution in [1.29, 1.82) is 0 Å². The minimum absolute atomic E-state index is 0.0231. The summed E-state index contributed by atoms with van der Waals surface area (Å²) in [6.07, 6.45) is 0. The number of nitrogens with zero attached hydrogens (tertiary/aromatic N) is 1. The number of rotatable bonds is 3. The summed E-state index contributed by atoms with van der Waals surface area (Å²) in [6.45, 7) is 2.71. The van der Waals surface area contributed by atoms with Crippen LogP contribution in [0.2, 0.25) is 0 Å². The Kier molecular flexibility index (Phi) is 4.68. The Hall–Kier alpha value is -1.25. The first-order valence-electron chi connectivity index (χ1n) is 8.02. The van der Waals surface area contributed by atoms with Crippen molar-refractivity contribution in [3.05, 3.63) is 42.8 Å². The van der Waals surface area contributed by atoms with Gasteiger partial charge in [0.05, 0.1) is 18.2 Å². The predicted octanol–water partition coefficient (Wildman–Crippen LogP) is 3.48. The average Bonchev–Trinajstić information content (AvgIpc) is 2.90. The van der Waals surface area contributed by atoms with Gasteiger partial charge in [-0.3, -0.25) is 14.2 Å². The number of hydrogen-bond donors (Lipinski definition) is 0. The summed E-state index contributed by atoms with van der Waals surface area (Å²) >= 11 is 6.41. The van der Waals surface area contributed by atoms with Crippen LogP contribution in [-0.4, -0.2) is 29.5 Å². The predicted molar refractivity (Wildman–Crippen MR) is 101 cm³/mol. The number of fused-ring (bicyclic) bond motifs is 5. The second-order valence-corrected chi connectivity index (χ2v) is 8.89. The topological polar surface area (TPSA) is 57.5 Å². The van der Waals surface area contributed by atoms with Crippen molar-refractivity contribution in [3.63, 3.8) is 0 Å². The molecule has 0 N–H and O–H groups in total. The summed E-state index contributed by atoms with van der Waals surface area (Å²) in [6, 6.07) is 6.01. The number of halogens is 1. The first-order valence-corrected chi connectivity index (χ1v) is 10.6. The number of ether oxygens (including phenoxy) is 2. The maximum absolute atomic E-state index is 12.5. The fraction of sp³-hybridized carbons (Fsp3) is 0.412. The molecule has 5 nitrogen and oxygen atoms in total. The summed E-state index contributed by atoms with van der Waals surface area (Å²) in [4.78, 5) is 25.3. The smallest absolute Gasteiger partial charge is 0.326 e. The van der Waals surface area contributed by atoms with E-state index in [1.807, 2.05) is 12.1 Å². The van der Waals surface area contributed by atoms with Crippen LogP contribution in [0, 0.1) is 5.92 Å². The molecule has 3 heterocycles. The van der Waals surface area contributed by atoms with Crippen LogP contribution in [-0.2, 0) is 16.1 Å². The fourth-order valence-corrected chi connectivity index (χ4v) is 6.42. The summed E-state index contributed by atoms with van der Waals surface area (Å²) in [5.41, 5.74) is 1.11. The lowest BCUT2D eigenvalue weighted by Crippen LogP contribution is -2.31. The lowest BCUT2D eigenvalue weighted by Gasteiger charge is -2.36. The Morgan fingerprint density at radius 2 is 2.32 bits per heavy atom. The van der Waals surface area contributed by atoms with Gasteiger partial charge < -0.3 is 9.47 Å². The van der Waals surface area contributed by atoms with Crippen LogP contribution < -0.4 is 9.61 Å². The van der Waals surface area contributed by atoms with E-state index in [9.17, 15) is 9.59 Å². The number of carbonyl (C=O) groups is 1. The number of benzene rings is 1. The van der Waals surface area contributed by atoms with Gasteiger partial charge in [0.15, 0.2) is 0 Å². The van der Waals surface area contributed by atoms with Crippen LogP contribution in [0.3, 0.4) is 0 Å². The van der Waals surface area contributed by atoms with Gasteiger partial charge in [0.1, 0.15) is 12.3 Å². The van der Waals surface area contributed by atoms with E-state index in [2.05, 4.69) is 22.0 Å². The van der Waals surface area contributed by atoms with Gasteiger partial charge in [-0.25, -0.2) is 0 Å². The van der Waals surface area contributed by atoms with Crippen molar-refractivity contribution in [3.8, 4) is 5.75 Å². The van der Waals surface area contributed by atoms with Gasteiger partial charge in [0.25, 0.3) is 0 Å². The van der Waals surface area contributed by atoms with Crippen LogP contribution >= 0.6 is 39.0 Å². The number of hydrogen-bond acceptors (Lipinski definition) is 6. The monoisotopic (exact) mass is 441 g/mol. The Labute approximate surface area is 161 Å². The Morgan fingerprint density at radius 3 is 3.12 bits per heavy atom. The highest BCUT2D eigenvalue weighted by molar-refractivity contribution is 9.10. The molecule has 8 heteroatoms. The molecule has 2 aliphatic rings. The number of carbonyl (C=O) groups excluding carboxylic acids is 1. The molecule has 25 heavy (non-hydrogen) atoms. The van der Waals surface area contributed by atoms with E-state index in [4.69, 9.17) is 9.47 Å². The quantitative estimate of drug-likeness (QED) is 0.682. The molecule has 2 aromatic rings. The number of esters is 1. The van der Waals surface area contributed by atoms with E-state index in [0.29, 0.717) is 19.1 Å². The van der Waals surface area contributed by atoms with Gasteiger partial charge >= 0.3 is 10.8 Å². The van der Waals surface area contributed by atoms with Gasteiger partial charge in [-0.2, -0.15) is 0 Å². The van der Waals surface area contributed by atoms with E-state index >= 15 is 0 Å². The SMILES string of the molecule is CCOC(=O)Cn1c2c(sc1=O)C1c3cc(Br)ccc3OCC1CS2. The van der Waals surface area contributed by atoms with Crippen LogP contribution in [0.4, 0.5) is 0 Å².